The van der Waals surface area contributed by atoms with Crippen molar-refractivity contribution in [3.8, 4) is 11.5 Å². The predicted molar refractivity (Wildman–Crippen MR) is 211 cm³/mol. The van der Waals surface area contributed by atoms with Crippen molar-refractivity contribution in [3.63, 3.8) is 0 Å². The SMILES string of the molecule is NC(=Nc1ccccc1)Nc1ccccc1.O=c1c(=O)c(=NNc2cc(S(=O)(=O)O)ccc2O)c2cc(S(=O)(=O)O)ccc2c1=NNc1cc(S(=O)(=O)O)ccc1O. The zero-order valence-electron chi connectivity index (χ0n) is 29.1. The number of hydrogen-bond donors (Lipinski definition) is 9. The highest BCUT2D eigenvalue weighted by atomic mass is 32.2. The van der Waals surface area contributed by atoms with Crippen LogP contribution in [-0.4, -0.2) is 55.1 Å². The molecule has 6 aromatic rings. The number of para-hydroxylation sites is 2. The Morgan fingerprint density at radius 1 is 0.534 bits per heavy atom. The van der Waals surface area contributed by atoms with Crippen LogP contribution in [0.15, 0.2) is 155 Å². The van der Waals surface area contributed by atoms with Gasteiger partial charge in [0.05, 0.1) is 31.7 Å². The van der Waals surface area contributed by atoms with Gasteiger partial charge in [0.2, 0.25) is 0 Å². The molecule has 10 N–H and O–H groups in total. The summed E-state index contributed by atoms with van der Waals surface area (Å²) in [6.45, 7) is 0. The Balaban J connectivity index is 0.000000332. The van der Waals surface area contributed by atoms with Crippen molar-refractivity contribution < 1.29 is 49.1 Å². The number of phenols is 2. The summed E-state index contributed by atoms with van der Waals surface area (Å²) in [5, 5.41) is 28.4. The molecular weight excluding hydrogens is 823 g/mol. The van der Waals surface area contributed by atoms with Crippen LogP contribution in [0.25, 0.3) is 10.8 Å². The topological polar surface area (TPSA) is 337 Å². The van der Waals surface area contributed by atoms with Crippen LogP contribution >= 0.6 is 0 Å². The fourth-order valence-corrected chi connectivity index (χ4v) is 6.39. The lowest BCUT2D eigenvalue weighted by Gasteiger charge is -2.07. The first-order valence-electron chi connectivity index (χ1n) is 15.9. The molecule has 0 radical (unpaired) electrons. The van der Waals surface area contributed by atoms with Crippen molar-refractivity contribution in [2.45, 2.75) is 14.7 Å². The molecule has 300 valence electrons. The van der Waals surface area contributed by atoms with Gasteiger partial charge in [-0.15, -0.1) is 0 Å². The van der Waals surface area contributed by atoms with Gasteiger partial charge < -0.3 is 21.3 Å². The fraction of sp³-hybridized carbons (Fsp3) is 0. The van der Waals surface area contributed by atoms with Crippen LogP contribution in [0, 0.1) is 0 Å². The van der Waals surface area contributed by atoms with Crippen LogP contribution < -0.4 is 43.5 Å². The van der Waals surface area contributed by atoms with Crippen molar-refractivity contribution in [3.05, 3.63) is 146 Å². The number of anilines is 3. The maximum Gasteiger partial charge on any atom is 0.294 e. The fourth-order valence-electron chi connectivity index (χ4n) is 4.87. The van der Waals surface area contributed by atoms with Gasteiger partial charge >= 0.3 is 0 Å². The molecule has 23 heteroatoms. The molecule has 0 aliphatic rings. The largest absolute Gasteiger partial charge is 0.506 e. The van der Waals surface area contributed by atoms with Crippen LogP contribution in [0.4, 0.5) is 22.7 Å². The Kier molecular flexibility index (Phi) is 12.3. The Morgan fingerprint density at radius 3 is 1.41 bits per heavy atom. The smallest absolute Gasteiger partial charge is 0.294 e. The average molecular weight is 852 g/mol. The van der Waals surface area contributed by atoms with E-state index in [2.05, 4.69) is 31.4 Å². The van der Waals surface area contributed by atoms with Gasteiger partial charge in [0.25, 0.3) is 41.2 Å². The molecule has 0 fully saturated rings. The number of benzene rings is 6. The van der Waals surface area contributed by atoms with E-state index in [9.17, 15) is 58.7 Å². The molecule has 0 heterocycles. The van der Waals surface area contributed by atoms with Crippen LogP contribution in [-0.2, 0) is 30.4 Å². The van der Waals surface area contributed by atoms with Crippen molar-refractivity contribution in [1.82, 2.24) is 0 Å². The van der Waals surface area contributed by atoms with Gasteiger partial charge in [0.1, 0.15) is 22.2 Å². The summed E-state index contributed by atoms with van der Waals surface area (Å²) in [5.41, 5.74) is 8.24. The van der Waals surface area contributed by atoms with Crippen LogP contribution in [0.3, 0.4) is 0 Å². The number of fused-ring (bicyclic) bond motifs is 1. The molecule has 0 atom stereocenters. The minimum atomic E-state index is -4.86. The van der Waals surface area contributed by atoms with Gasteiger partial charge in [-0.1, -0.05) is 42.5 Å². The van der Waals surface area contributed by atoms with Crippen molar-refractivity contribution in [2.24, 2.45) is 20.9 Å². The molecule has 0 saturated carbocycles. The van der Waals surface area contributed by atoms with Gasteiger partial charge in [-0.05, 0) is 72.8 Å². The van der Waals surface area contributed by atoms with E-state index in [1.54, 1.807) is 0 Å². The molecule has 0 spiro atoms. The Morgan fingerprint density at radius 2 is 0.948 bits per heavy atom. The Labute approximate surface area is 327 Å². The summed E-state index contributed by atoms with van der Waals surface area (Å²) in [7, 11) is -14.3. The Bertz CT molecular complexity index is 3140. The van der Waals surface area contributed by atoms with Crippen LogP contribution in [0.2, 0.25) is 0 Å². The third-order valence-electron chi connectivity index (χ3n) is 7.60. The van der Waals surface area contributed by atoms with E-state index >= 15 is 0 Å². The number of nitrogens with zero attached hydrogens (tertiary/aromatic N) is 3. The second kappa shape index (κ2) is 17.0. The van der Waals surface area contributed by atoms with Crippen molar-refractivity contribution >= 4 is 69.8 Å². The summed E-state index contributed by atoms with van der Waals surface area (Å²) in [4.78, 5) is 28.2. The van der Waals surface area contributed by atoms with E-state index in [0.29, 0.717) is 5.96 Å². The predicted octanol–water partition coefficient (Wildman–Crippen LogP) is 2.19. The molecule has 6 aromatic carbocycles. The number of nitrogens with two attached hydrogens (primary N) is 1. The second-order valence-electron chi connectivity index (χ2n) is 11.6. The van der Waals surface area contributed by atoms with Gasteiger partial charge in [-0.3, -0.25) is 34.1 Å². The molecule has 0 unspecified atom stereocenters. The summed E-state index contributed by atoms with van der Waals surface area (Å²) < 4.78 is 97.2. The number of guanidine groups is 1. The standard InChI is InChI=1S/C22H16N4O13S3.C13H13N3/c27-17-5-2-11(41(34,35)36)8-15(17)23-25-19-13-4-1-10(40(31,32)33)7-14(13)20(22(30)21(19)29)26-24-16-9-12(42(37,38)39)3-6-18(16)28;14-13(15-11-7-3-1-4-8-11)16-12-9-5-2-6-10-12/h1-9,23-24,27-28H,(H,31,32,33)(H,34,35,36)(H,37,38,39);1-10H,(H3,14,15,16). The van der Waals surface area contributed by atoms with Gasteiger partial charge in [0.15, 0.2) is 5.96 Å². The number of hydrogen-bond acceptors (Lipinski definition) is 15. The molecule has 20 nitrogen and oxygen atoms in total. The maximum atomic E-state index is 13.1. The lowest BCUT2D eigenvalue weighted by Crippen LogP contribution is -2.48. The highest BCUT2D eigenvalue weighted by Crippen LogP contribution is 2.27. The number of aliphatic imine (C=N–C) groups is 1. The molecule has 0 aliphatic heterocycles. The van der Waals surface area contributed by atoms with Crippen LogP contribution in [0.1, 0.15) is 0 Å². The highest BCUT2D eigenvalue weighted by Gasteiger charge is 2.18. The number of phenolic OH excluding ortho intramolecular Hbond substituents is 2. The number of nitrogens with one attached hydrogen (secondary N) is 3. The quantitative estimate of drug-likeness (QED) is 0.0251. The molecule has 58 heavy (non-hydrogen) atoms. The van der Waals surface area contributed by atoms with Gasteiger partial charge in [0, 0.05) is 16.5 Å². The van der Waals surface area contributed by atoms with E-state index in [1.165, 1.54) is 0 Å². The summed E-state index contributed by atoms with van der Waals surface area (Å²) >= 11 is 0. The number of aromatic hydroxyl groups is 2. The van der Waals surface area contributed by atoms with Crippen LogP contribution in [0.5, 0.6) is 11.5 Å². The van der Waals surface area contributed by atoms with E-state index in [4.69, 9.17) is 5.73 Å². The highest BCUT2D eigenvalue weighted by molar-refractivity contribution is 7.86. The molecule has 0 saturated heterocycles. The zero-order valence-corrected chi connectivity index (χ0v) is 31.6. The van der Waals surface area contributed by atoms with E-state index in [0.717, 1.165) is 66.0 Å². The van der Waals surface area contributed by atoms with Crippen molar-refractivity contribution in [2.75, 3.05) is 16.2 Å². The van der Waals surface area contributed by atoms with Gasteiger partial charge in [-0.2, -0.15) is 35.5 Å². The maximum absolute atomic E-state index is 13.1. The molecule has 0 amide bonds. The van der Waals surface area contributed by atoms with Crippen molar-refractivity contribution in [1.29, 1.82) is 0 Å². The van der Waals surface area contributed by atoms with E-state index in [1.807, 2.05) is 60.7 Å². The average Bonchev–Trinajstić information content (AvgIpc) is 3.15. The molecule has 0 aliphatic carbocycles. The molecule has 0 bridgehead atoms. The molecule has 0 aromatic heterocycles. The second-order valence-corrected chi connectivity index (χ2v) is 15.9. The summed E-state index contributed by atoms with van der Waals surface area (Å²) in [6, 6.07) is 26.9. The zero-order chi connectivity index (χ0) is 42.4. The first kappa shape index (κ1) is 42.1. The van der Waals surface area contributed by atoms with E-state index < -0.39 is 94.9 Å². The number of rotatable bonds is 9. The molecular formula is C35H29N7O13S3. The minimum Gasteiger partial charge on any atom is -0.506 e. The third-order valence-corrected chi connectivity index (χ3v) is 10.1. The Hall–Kier alpha value is -7.02. The normalized spacial score (nSPS) is 12.8. The lowest BCUT2D eigenvalue weighted by molar-refractivity contribution is 0.472. The molecule has 6 rings (SSSR count). The van der Waals surface area contributed by atoms with E-state index in [-0.39, 0.29) is 5.39 Å². The third kappa shape index (κ3) is 10.4. The minimum absolute atomic E-state index is 0.249. The lowest BCUT2D eigenvalue weighted by atomic mass is 10.1. The summed E-state index contributed by atoms with van der Waals surface area (Å²) in [6.07, 6.45) is 0. The monoisotopic (exact) mass is 851 g/mol. The first-order chi connectivity index (χ1) is 27.2. The van der Waals surface area contributed by atoms with Gasteiger partial charge in [-0.25, -0.2) is 4.99 Å². The first-order valence-corrected chi connectivity index (χ1v) is 20.3. The summed E-state index contributed by atoms with van der Waals surface area (Å²) in [5.74, 6) is -0.800.